The van der Waals surface area contributed by atoms with Crippen LogP contribution in [0.1, 0.15) is 21.5 Å². The number of carbonyl (C=O) groups excluding carboxylic acids is 1. The summed E-state index contributed by atoms with van der Waals surface area (Å²) in [5.74, 6) is -0.205. The van der Waals surface area contributed by atoms with Crippen molar-refractivity contribution in [3.8, 4) is 11.8 Å². The van der Waals surface area contributed by atoms with Crippen molar-refractivity contribution < 1.29 is 18.3 Å². The number of hydrogen-bond acceptors (Lipinski definition) is 4. The van der Waals surface area contributed by atoms with E-state index in [0.717, 1.165) is 15.4 Å². The lowest BCUT2D eigenvalue weighted by molar-refractivity contribution is -0.0498. The summed E-state index contributed by atoms with van der Waals surface area (Å²) >= 11 is 1.35. The van der Waals surface area contributed by atoms with E-state index in [4.69, 9.17) is 0 Å². The average Bonchev–Trinajstić information content (AvgIpc) is 2.73. The van der Waals surface area contributed by atoms with Gasteiger partial charge >= 0.3 is 6.61 Å². The molecule has 0 aliphatic heterocycles. The zero-order valence-corrected chi connectivity index (χ0v) is 16.0. The lowest BCUT2D eigenvalue weighted by Gasteiger charge is -2.11. The Labute approximate surface area is 171 Å². The molecule has 29 heavy (non-hydrogen) atoms. The average molecular weight is 410 g/mol. The van der Waals surface area contributed by atoms with Crippen molar-refractivity contribution in [3.63, 3.8) is 0 Å². The molecule has 0 saturated carbocycles. The van der Waals surface area contributed by atoms with Crippen molar-refractivity contribution in [2.75, 3.05) is 0 Å². The second kappa shape index (κ2) is 9.71. The monoisotopic (exact) mass is 410 g/mol. The van der Waals surface area contributed by atoms with E-state index in [1.54, 1.807) is 36.4 Å². The zero-order chi connectivity index (χ0) is 20.6. The molecule has 0 radical (unpaired) electrons. The van der Waals surface area contributed by atoms with Gasteiger partial charge in [0.25, 0.3) is 5.91 Å². The molecule has 0 unspecified atom stereocenters. The first-order valence-electron chi connectivity index (χ1n) is 8.65. The van der Waals surface area contributed by atoms with Gasteiger partial charge in [0.15, 0.2) is 0 Å². The van der Waals surface area contributed by atoms with E-state index in [9.17, 15) is 18.8 Å². The number of hydrogen-bond donors (Lipinski definition) is 1. The highest BCUT2D eigenvalue weighted by atomic mass is 32.2. The predicted octanol–water partition coefficient (Wildman–Crippen LogP) is 5.24. The molecule has 0 aliphatic rings. The third-order valence-electron chi connectivity index (χ3n) is 3.96. The molecule has 0 fully saturated rings. The Morgan fingerprint density at radius 1 is 1.00 bits per heavy atom. The van der Waals surface area contributed by atoms with Crippen molar-refractivity contribution in [1.29, 1.82) is 5.26 Å². The smallest absolute Gasteiger partial charge is 0.387 e. The minimum absolute atomic E-state index is 0.0629. The van der Waals surface area contributed by atoms with E-state index in [1.165, 1.54) is 23.9 Å². The van der Waals surface area contributed by atoms with Gasteiger partial charge in [-0.25, -0.2) is 0 Å². The zero-order valence-electron chi connectivity index (χ0n) is 15.1. The molecule has 7 heteroatoms. The fraction of sp³-hybridized carbons (Fsp3) is 0.0909. The van der Waals surface area contributed by atoms with Crippen molar-refractivity contribution in [1.82, 2.24) is 5.32 Å². The minimum atomic E-state index is -2.87. The number of amides is 1. The van der Waals surface area contributed by atoms with Gasteiger partial charge in [-0.15, -0.1) is 0 Å². The van der Waals surface area contributed by atoms with Gasteiger partial charge < -0.3 is 10.1 Å². The molecule has 146 valence electrons. The van der Waals surface area contributed by atoms with E-state index < -0.39 is 6.61 Å². The van der Waals surface area contributed by atoms with Crippen LogP contribution < -0.4 is 10.1 Å². The van der Waals surface area contributed by atoms with Crippen LogP contribution in [0.3, 0.4) is 0 Å². The molecule has 0 spiro atoms. The first kappa shape index (κ1) is 20.4. The summed E-state index contributed by atoms with van der Waals surface area (Å²) in [7, 11) is 0. The quantitative estimate of drug-likeness (QED) is 0.579. The largest absolute Gasteiger partial charge is 0.435 e. The molecule has 1 N–H and O–H groups in total. The standard InChI is InChI=1S/C22H16F2N2O2S/c23-22(24)28-17-11-9-15(10-12-17)14-26-21(27)18-6-2-4-8-20(18)29-19-7-3-1-5-16(19)13-25/h1-12,22H,14H2,(H,26,27). The highest BCUT2D eigenvalue weighted by Gasteiger charge is 2.13. The number of ether oxygens (including phenoxy) is 1. The molecule has 0 aliphatic carbocycles. The Kier molecular flexibility index (Phi) is 6.82. The van der Waals surface area contributed by atoms with E-state index in [-0.39, 0.29) is 18.2 Å². The summed E-state index contributed by atoms with van der Waals surface area (Å²) in [5, 5.41) is 12.1. The number of rotatable bonds is 7. The number of carbonyl (C=O) groups is 1. The van der Waals surface area contributed by atoms with Gasteiger partial charge in [-0.1, -0.05) is 48.2 Å². The maximum absolute atomic E-state index is 12.7. The second-order valence-corrected chi connectivity index (χ2v) is 7.00. The van der Waals surface area contributed by atoms with Crippen LogP contribution in [0.2, 0.25) is 0 Å². The van der Waals surface area contributed by atoms with Gasteiger partial charge in [-0.3, -0.25) is 4.79 Å². The van der Waals surface area contributed by atoms with Crippen LogP contribution in [-0.2, 0) is 6.54 Å². The SMILES string of the molecule is N#Cc1ccccc1Sc1ccccc1C(=O)NCc1ccc(OC(F)F)cc1. The van der Waals surface area contributed by atoms with Crippen LogP contribution in [0.25, 0.3) is 0 Å². The predicted molar refractivity (Wildman–Crippen MR) is 106 cm³/mol. The van der Waals surface area contributed by atoms with Crippen LogP contribution in [0, 0.1) is 11.3 Å². The Morgan fingerprint density at radius 3 is 2.34 bits per heavy atom. The Morgan fingerprint density at radius 2 is 1.66 bits per heavy atom. The van der Waals surface area contributed by atoms with E-state index >= 15 is 0 Å². The van der Waals surface area contributed by atoms with Crippen molar-refractivity contribution >= 4 is 17.7 Å². The summed E-state index contributed by atoms with van der Waals surface area (Å²) in [6.45, 7) is -2.64. The summed E-state index contributed by atoms with van der Waals surface area (Å²) in [6.07, 6.45) is 0. The maximum Gasteiger partial charge on any atom is 0.387 e. The van der Waals surface area contributed by atoms with Crippen LogP contribution in [0.5, 0.6) is 5.75 Å². The molecule has 3 rings (SSSR count). The van der Waals surface area contributed by atoms with Gasteiger partial charge in [0.2, 0.25) is 0 Å². The third kappa shape index (κ3) is 5.56. The van der Waals surface area contributed by atoms with Gasteiger partial charge in [0.05, 0.1) is 11.1 Å². The van der Waals surface area contributed by atoms with E-state index in [0.29, 0.717) is 11.1 Å². The van der Waals surface area contributed by atoms with Crippen molar-refractivity contribution in [3.05, 3.63) is 89.5 Å². The van der Waals surface area contributed by atoms with Gasteiger partial charge in [-0.05, 0) is 42.0 Å². The first-order valence-corrected chi connectivity index (χ1v) is 9.46. The fourth-order valence-corrected chi connectivity index (χ4v) is 3.60. The molecule has 0 bridgehead atoms. The molecule has 4 nitrogen and oxygen atoms in total. The van der Waals surface area contributed by atoms with E-state index in [1.807, 2.05) is 24.3 Å². The topological polar surface area (TPSA) is 62.1 Å². The molecule has 0 aromatic heterocycles. The van der Waals surface area contributed by atoms with Gasteiger partial charge in [0, 0.05) is 16.3 Å². The summed E-state index contributed by atoms with van der Waals surface area (Å²) < 4.78 is 28.7. The number of nitriles is 1. The molecule has 1 amide bonds. The van der Waals surface area contributed by atoms with Crippen LogP contribution in [0.15, 0.2) is 82.6 Å². The molecule has 3 aromatic carbocycles. The van der Waals surface area contributed by atoms with Crippen molar-refractivity contribution in [2.45, 2.75) is 22.9 Å². The fourth-order valence-electron chi connectivity index (χ4n) is 2.58. The normalized spacial score (nSPS) is 10.4. The van der Waals surface area contributed by atoms with Gasteiger partial charge in [-0.2, -0.15) is 14.0 Å². The molecule has 3 aromatic rings. The number of nitrogens with zero attached hydrogens (tertiary/aromatic N) is 1. The minimum Gasteiger partial charge on any atom is -0.435 e. The number of benzene rings is 3. The molecular weight excluding hydrogens is 394 g/mol. The lowest BCUT2D eigenvalue weighted by Crippen LogP contribution is -2.23. The van der Waals surface area contributed by atoms with Crippen LogP contribution in [-0.4, -0.2) is 12.5 Å². The molecule has 0 saturated heterocycles. The Bertz CT molecular complexity index is 1030. The summed E-state index contributed by atoms with van der Waals surface area (Å²) in [4.78, 5) is 14.2. The Hall–Kier alpha value is -3.37. The number of halogens is 2. The van der Waals surface area contributed by atoms with Crippen LogP contribution >= 0.6 is 11.8 Å². The molecular formula is C22H16F2N2O2S. The highest BCUT2D eigenvalue weighted by molar-refractivity contribution is 7.99. The maximum atomic E-state index is 12.7. The molecule has 0 atom stereocenters. The Balaban J connectivity index is 1.69. The number of alkyl halides is 2. The highest BCUT2D eigenvalue weighted by Crippen LogP contribution is 2.32. The van der Waals surface area contributed by atoms with Crippen LogP contribution in [0.4, 0.5) is 8.78 Å². The molecule has 0 heterocycles. The first-order chi connectivity index (χ1) is 14.1. The van der Waals surface area contributed by atoms with Crippen molar-refractivity contribution in [2.24, 2.45) is 0 Å². The summed E-state index contributed by atoms with van der Waals surface area (Å²) in [6, 6.07) is 22.6. The number of nitrogens with one attached hydrogen (secondary N) is 1. The summed E-state index contributed by atoms with van der Waals surface area (Å²) in [5.41, 5.74) is 1.78. The lowest BCUT2D eigenvalue weighted by atomic mass is 10.2. The third-order valence-corrected chi connectivity index (χ3v) is 5.11. The second-order valence-electron chi connectivity index (χ2n) is 5.91. The van der Waals surface area contributed by atoms with E-state index in [2.05, 4.69) is 16.1 Å². The van der Waals surface area contributed by atoms with Gasteiger partial charge in [0.1, 0.15) is 11.8 Å².